The summed E-state index contributed by atoms with van der Waals surface area (Å²) in [5.74, 6) is 1.29. The molecule has 1 saturated heterocycles. The van der Waals surface area contributed by atoms with Gasteiger partial charge in [0.2, 0.25) is 15.9 Å². The first kappa shape index (κ1) is 24.9. The predicted octanol–water partition coefficient (Wildman–Crippen LogP) is 4.42. The summed E-state index contributed by atoms with van der Waals surface area (Å²) < 4.78 is 33.9. The maximum absolute atomic E-state index is 12.8. The molecule has 35 heavy (non-hydrogen) atoms. The summed E-state index contributed by atoms with van der Waals surface area (Å²) in [5.41, 5.74) is 1.63. The first-order valence-corrected chi connectivity index (χ1v) is 13.3. The van der Waals surface area contributed by atoms with Crippen LogP contribution in [0.25, 0.3) is 0 Å². The fourth-order valence-electron chi connectivity index (χ4n) is 4.16. The summed E-state index contributed by atoms with van der Waals surface area (Å²) in [6.45, 7) is 3.97. The number of anilines is 1. The third kappa shape index (κ3) is 7.14. The van der Waals surface area contributed by atoms with E-state index in [9.17, 15) is 13.2 Å². The summed E-state index contributed by atoms with van der Waals surface area (Å²) in [4.78, 5) is 15.1. The Kier molecular flexibility index (Phi) is 8.17. The predicted molar refractivity (Wildman–Crippen MR) is 137 cm³/mol. The molecule has 1 aliphatic heterocycles. The maximum atomic E-state index is 12.8. The zero-order valence-corrected chi connectivity index (χ0v) is 20.6. The van der Waals surface area contributed by atoms with Gasteiger partial charge in [-0.3, -0.25) is 9.69 Å². The van der Waals surface area contributed by atoms with Crippen LogP contribution < -0.4 is 14.8 Å². The summed E-state index contributed by atoms with van der Waals surface area (Å²) in [6.07, 6.45) is 1.83. The molecule has 4 rings (SSSR count). The molecule has 1 aliphatic rings. The molecule has 1 heterocycles. The number of para-hydroxylation sites is 3. The van der Waals surface area contributed by atoms with Crippen molar-refractivity contribution < 1.29 is 17.9 Å². The Balaban J connectivity index is 1.30. The molecule has 3 aromatic carbocycles. The van der Waals surface area contributed by atoms with E-state index in [2.05, 4.69) is 14.9 Å². The number of benzene rings is 3. The molecule has 0 saturated carbocycles. The van der Waals surface area contributed by atoms with Crippen LogP contribution in [0, 0.1) is 12.8 Å². The lowest BCUT2D eigenvalue weighted by molar-refractivity contribution is -0.117. The van der Waals surface area contributed by atoms with Crippen LogP contribution in [-0.4, -0.2) is 45.4 Å². The molecule has 0 radical (unpaired) electrons. The topological polar surface area (TPSA) is 87.7 Å². The van der Waals surface area contributed by atoms with Gasteiger partial charge in [-0.2, -0.15) is 0 Å². The standard InChI is InChI=1S/C27H31N3O4S/c1-21-13-15-24(16-14-21)35(32,33)28-18-22-8-7-17-30(19-22)20-27(31)29-25-11-5-6-12-26(25)34-23-9-3-2-4-10-23/h2-6,9-16,22,28H,7-8,17-20H2,1H3,(H,29,31). The number of hydrogen-bond acceptors (Lipinski definition) is 5. The van der Waals surface area contributed by atoms with E-state index in [1.807, 2.05) is 61.5 Å². The van der Waals surface area contributed by atoms with E-state index in [1.165, 1.54) is 0 Å². The molecule has 0 bridgehead atoms. The molecule has 2 N–H and O–H groups in total. The van der Waals surface area contributed by atoms with Gasteiger partial charge in [0.05, 0.1) is 17.1 Å². The molecule has 0 aliphatic carbocycles. The van der Waals surface area contributed by atoms with Crippen molar-refractivity contribution in [2.75, 3.05) is 31.5 Å². The van der Waals surface area contributed by atoms with Gasteiger partial charge in [0.15, 0.2) is 5.75 Å². The third-order valence-corrected chi connectivity index (χ3v) is 7.44. The summed E-state index contributed by atoms with van der Waals surface area (Å²) in [7, 11) is -3.55. The molecule has 8 heteroatoms. The molecule has 7 nitrogen and oxygen atoms in total. The normalized spacial score (nSPS) is 16.5. The molecule has 184 valence electrons. The lowest BCUT2D eigenvalue weighted by atomic mass is 9.98. The number of nitrogens with zero attached hydrogens (tertiary/aromatic N) is 1. The van der Waals surface area contributed by atoms with Crippen molar-refractivity contribution in [3.63, 3.8) is 0 Å². The van der Waals surface area contributed by atoms with Crippen LogP contribution in [0.4, 0.5) is 5.69 Å². The van der Waals surface area contributed by atoms with E-state index >= 15 is 0 Å². The van der Waals surface area contributed by atoms with E-state index in [1.54, 1.807) is 24.3 Å². The van der Waals surface area contributed by atoms with Crippen molar-refractivity contribution in [1.29, 1.82) is 0 Å². The van der Waals surface area contributed by atoms with Crippen LogP contribution in [0.5, 0.6) is 11.5 Å². The molecule has 1 fully saturated rings. The smallest absolute Gasteiger partial charge is 0.240 e. The van der Waals surface area contributed by atoms with Crippen molar-refractivity contribution in [1.82, 2.24) is 9.62 Å². The third-order valence-electron chi connectivity index (χ3n) is 6.00. The number of nitrogens with one attached hydrogen (secondary N) is 2. The van der Waals surface area contributed by atoms with Crippen molar-refractivity contribution in [3.8, 4) is 11.5 Å². The molecule has 1 amide bonds. The van der Waals surface area contributed by atoms with Crippen molar-refractivity contribution in [2.45, 2.75) is 24.7 Å². The van der Waals surface area contributed by atoms with Gasteiger partial charge in [-0.05, 0) is 68.6 Å². The molecule has 0 aromatic heterocycles. The van der Waals surface area contributed by atoms with Gasteiger partial charge in [-0.1, -0.05) is 48.0 Å². The average molecular weight is 494 g/mol. The van der Waals surface area contributed by atoms with E-state index < -0.39 is 10.0 Å². The average Bonchev–Trinajstić information content (AvgIpc) is 2.85. The highest BCUT2D eigenvalue weighted by Gasteiger charge is 2.24. The minimum atomic E-state index is -3.55. The van der Waals surface area contributed by atoms with Crippen LogP contribution in [-0.2, 0) is 14.8 Å². The van der Waals surface area contributed by atoms with Crippen LogP contribution >= 0.6 is 0 Å². The molecular weight excluding hydrogens is 462 g/mol. The quantitative estimate of drug-likeness (QED) is 0.461. The number of rotatable bonds is 9. The van der Waals surface area contributed by atoms with Gasteiger partial charge in [0, 0.05) is 13.1 Å². The number of hydrogen-bond donors (Lipinski definition) is 2. The lowest BCUT2D eigenvalue weighted by Crippen LogP contribution is -2.43. The van der Waals surface area contributed by atoms with Crippen molar-refractivity contribution in [3.05, 3.63) is 84.4 Å². The van der Waals surface area contributed by atoms with Gasteiger partial charge >= 0.3 is 0 Å². The van der Waals surface area contributed by atoms with E-state index in [0.29, 0.717) is 30.3 Å². The largest absolute Gasteiger partial charge is 0.455 e. The van der Waals surface area contributed by atoms with Gasteiger partial charge < -0.3 is 10.1 Å². The van der Waals surface area contributed by atoms with Crippen LogP contribution in [0.2, 0.25) is 0 Å². The molecule has 1 atom stereocenters. The zero-order chi connectivity index (χ0) is 24.7. The highest BCUT2D eigenvalue weighted by atomic mass is 32.2. The summed E-state index contributed by atoms with van der Waals surface area (Å²) >= 11 is 0. The van der Waals surface area contributed by atoms with E-state index in [0.717, 1.165) is 24.9 Å². The Labute approximate surface area is 207 Å². The first-order valence-electron chi connectivity index (χ1n) is 11.8. The van der Waals surface area contributed by atoms with Crippen LogP contribution in [0.3, 0.4) is 0 Å². The van der Waals surface area contributed by atoms with Crippen molar-refractivity contribution in [2.24, 2.45) is 5.92 Å². The Morgan fingerprint density at radius 2 is 1.71 bits per heavy atom. The number of sulfonamides is 1. The Morgan fingerprint density at radius 3 is 2.49 bits per heavy atom. The van der Waals surface area contributed by atoms with Gasteiger partial charge in [0.1, 0.15) is 5.75 Å². The Hall–Kier alpha value is -3.20. The fraction of sp³-hybridized carbons (Fsp3) is 0.296. The number of amides is 1. The number of carbonyl (C=O) groups is 1. The highest BCUT2D eigenvalue weighted by Crippen LogP contribution is 2.29. The Bertz CT molecular complexity index is 1230. The number of aryl methyl sites for hydroxylation is 1. The minimum Gasteiger partial charge on any atom is -0.455 e. The zero-order valence-electron chi connectivity index (χ0n) is 19.8. The first-order chi connectivity index (χ1) is 16.9. The van der Waals surface area contributed by atoms with Gasteiger partial charge in [0.25, 0.3) is 0 Å². The molecule has 3 aromatic rings. The van der Waals surface area contributed by atoms with E-state index in [-0.39, 0.29) is 23.3 Å². The molecule has 1 unspecified atom stereocenters. The summed E-state index contributed by atoms with van der Waals surface area (Å²) in [5, 5.41) is 2.96. The highest BCUT2D eigenvalue weighted by molar-refractivity contribution is 7.89. The second kappa shape index (κ2) is 11.5. The summed E-state index contributed by atoms with van der Waals surface area (Å²) in [6, 6.07) is 23.6. The van der Waals surface area contributed by atoms with Crippen LogP contribution in [0.1, 0.15) is 18.4 Å². The van der Waals surface area contributed by atoms with E-state index in [4.69, 9.17) is 4.74 Å². The maximum Gasteiger partial charge on any atom is 0.240 e. The fourth-order valence-corrected chi connectivity index (χ4v) is 5.27. The monoisotopic (exact) mass is 493 g/mol. The number of piperidine rings is 1. The van der Waals surface area contributed by atoms with Crippen LogP contribution in [0.15, 0.2) is 83.8 Å². The van der Waals surface area contributed by atoms with Gasteiger partial charge in [-0.15, -0.1) is 0 Å². The van der Waals surface area contributed by atoms with Gasteiger partial charge in [-0.25, -0.2) is 13.1 Å². The second-order valence-corrected chi connectivity index (χ2v) is 10.6. The number of carbonyl (C=O) groups excluding carboxylic acids is 1. The number of ether oxygens (including phenoxy) is 1. The Morgan fingerprint density at radius 1 is 1.00 bits per heavy atom. The van der Waals surface area contributed by atoms with Crippen molar-refractivity contribution >= 4 is 21.6 Å². The second-order valence-electron chi connectivity index (χ2n) is 8.87. The lowest BCUT2D eigenvalue weighted by Gasteiger charge is -2.32. The molecular formula is C27H31N3O4S. The SMILES string of the molecule is Cc1ccc(S(=O)(=O)NCC2CCCN(CC(=O)Nc3ccccc3Oc3ccccc3)C2)cc1. The molecule has 0 spiro atoms. The minimum absolute atomic E-state index is 0.130. The number of likely N-dealkylation sites (tertiary alicyclic amines) is 1.